The molecule has 0 spiro atoms. The molecule has 114 valence electrons. The lowest BCUT2D eigenvalue weighted by Crippen LogP contribution is -2.55. The van der Waals surface area contributed by atoms with Crippen molar-refractivity contribution in [2.24, 2.45) is 11.8 Å². The molecule has 3 aliphatic carbocycles. The van der Waals surface area contributed by atoms with Crippen LogP contribution >= 0.6 is 0 Å². The molecule has 1 aliphatic heterocycles. The monoisotopic (exact) mass is 305 g/mol. The zero-order chi connectivity index (χ0) is 15.8. The van der Waals surface area contributed by atoms with E-state index in [-0.39, 0.29) is 24.3 Å². The minimum atomic E-state index is -0.831. The summed E-state index contributed by atoms with van der Waals surface area (Å²) >= 11 is 0. The van der Waals surface area contributed by atoms with E-state index in [1.54, 1.807) is 0 Å². The fraction of sp³-hybridized carbons (Fsp3) is 0.263. The van der Waals surface area contributed by atoms with Gasteiger partial charge in [0.1, 0.15) is 0 Å². The van der Waals surface area contributed by atoms with Crippen LogP contribution in [0.15, 0.2) is 48.5 Å². The quantitative estimate of drug-likeness (QED) is 0.781. The third-order valence-corrected chi connectivity index (χ3v) is 5.88. The first-order chi connectivity index (χ1) is 11.2. The van der Waals surface area contributed by atoms with Gasteiger partial charge in [0.15, 0.2) is 0 Å². The second-order valence-corrected chi connectivity index (χ2v) is 6.64. The normalized spacial score (nSPS) is 33.0. The Labute approximate surface area is 133 Å². The van der Waals surface area contributed by atoms with Crippen LogP contribution in [-0.4, -0.2) is 23.5 Å². The van der Waals surface area contributed by atoms with Gasteiger partial charge in [0.05, 0.1) is 23.9 Å². The summed E-state index contributed by atoms with van der Waals surface area (Å²) in [5, 5.41) is 12.9. The molecule has 4 heteroatoms. The molecular formula is C19H15NO3. The predicted molar refractivity (Wildman–Crippen MR) is 82.7 cm³/mol. The van der Waals surface area contributed by atoms with Crippen LogP contribution in [0.5, 0.6) is 0 Å². The minimum Gasteiger partial charge on any atom is -0.395 e. The summed E-state index contributed by atoms with van der Waals surface area (Å²) in [4.78, 5) is 25.0. The van der Waals surface area contributed by atoms with Gasteiger partial charge in [-0.3, -0.25) is 14.9 Å². The largest absolute Gasteiger partial charge is 0.395 e. The van der Waals surface area contributed by atoms with Gasteiger partial charge in [-0.1, -0.05) is 48.5 Å². The van der Waals surface area contributed by atoms with Crippen LogP contribution in [-0.2, 0) is 15.0 Å². The van der Waals surface area contributed by atoms with E-state index in [9.17, 15) is 14.7 Å². The highest BCUT2D eigenvalue weighted by Crippen LogP contribution is 2.62. The molecule has 6 rings (SSSR count). The highest BCUT2D eigenvalue weighted by molar-refractivity contribution is 6.08. The highest BCUT2D eigenvalue weighted by atomic mass is 16.3. The Hall–Kier alpha value is -2.46. The molecule has 2 amide bonds. The first kappa shape index (κ1) is 13.0. The zero-order valence-corrected chi connectivity index (χ0v) is 12.3. The molecule has 2 N–H and O–H groups in total. The SMILES string of the molecule is O=C1NC(=O)[C@@H]2[C@H]1C1c3ccccc3C2(CO)c2ccccc21. The first-order valence-electron chi connectivity index (χ1n) is 7.84. The standard InChI is InChI=1S/C19H15NO3/c21-9-19-12-7-3-1-5-10(12)14(11-6-2-4-8-13(11)19)15-16(19)18(23)20-17(15)22/h1-8,14-16,21H,9H2,(H,20,22,23)/t14?,15-,16+,19?/m1/s1. The summed E-state index contributed by atoms with van der Waals surface area (Å²) in [6, 6.07) is 15.8. The Morgan fingerprint density at radius 3 is 2.04 bits per heavy atom. The van der Waals surface area contributed by atoms with Crippen LogP contribution in [0, 0.1) is 11.8 Å². The Morgan fingerprint density at radius 2 is 1.48 bits per heavy atom. The zero-order valence-electron chi connectivity index (χ0n) is 12.3. The van der Waals surface area contributed by atoms with Gasteiger partial charge < -0.3 is 5.11 Å². The first-order valence-corrected chi connectivity index (χ1v) is 7.84. The van der Waals surface area contributed by atoms with Crippen LogP contribution in [0.4, 0.5) is 0 Å². The van der Waals surface area contributed by atoms with Gasteiger partial charge in [-0.25, -0.2) is 0 Å². The average molecular weight is 305 g/mol. The van der Waals surface area contributed by atoms with E-state index < -0.39 is 17.3 Å². The summed E-state index contributed by atoms with van der Waals surface area (Å²) in [6.45, 7) is -0.185. The van der Waals surface area contributed by atoms with Crippen molar-refractivity contribution in [1.82, 2.24) is 5.32 Å². The van der Waals surface area contributed by atoms with Crippen LogP contribution < -0.4 is 5.32 Å². The van der Waals surface area contributed by atoms with Crippen molar-refractivity contribution in [1.29, 1.82) is 0 Å². The summed E-state index contributed by atoms with van der Waals surface area (Å²) in [6.07, 6.45) is 0. The van der Waals surface area contributed by atoms with E-state index in [1.165, 1.54) is 0 Å². The maximum Gasteiger partial charge on any atom is 0.231 e. The molecule has 0 saturated carbocycles. The molecule has 1 fully saturated rings. The number of hydrogen-bond acceptors (Lipinski definition) is 3. The molecule has 0 unspecified atom stereocenters. The summed E-state index contributed by atoms with van der Waals surface area (Å²) in [5.74, 6) is -1.56. The maximum atomic E-state index is 12.5. The molecule has 4 aliphatic rings. The molecule has 2 bridgehead atoms. The maximum absolute atomic E-state index is 12.5. The van der Waals surface area contributed by atoms with Crippen molar-refractivity contribution in [2.75, 3.05) is 6.61 Å². The highest BCUT2D eigenvalue weighted by Gasteiger charge is 2.65. The molecule has 0 aromatic heterocycles. The molecule has 1 saturated heterocycles. The summed E-state index contributed by atoms with van der Waals surface area (Å²) in [5.41, 5.74) is 3.26. The minimum absolute atomic E-state index is 0.118. The topological polar surface area (TPSA) is 66.4 Å². The number of aliphatic hydroxyl groups excluding tert-OH is 1. The van der Waals surface area contributed by atoms with E-state index in [0.717, 1.165) is 22.3 Å². The predicted octanol–water partition coefficient (Wildman–Crippen LogP) is 1.31. The fourth-order valence-corrected chi connectivity index (χ4v) is 5.12. The van der Waals surface area contributed by atoms with Gasteiger partial charge in [-0.15, -0.1) is 0 Å². The molecule has 2 aromatic carbocycles. The van der Waals surface area contributed by atoms with Crippen molar-refractivity contribution in [3.63, 3.8) is 0 Å². The van der Waals surface area contributed by atoms with Gasteiger partial charge in [0.25, 0.3) is 0 Å². The molecule has 0 radical (unpaired) electrons. The second kappa shape index (κ2) is 4.09. The Balaban J connectivity index is 1.95. The lowest BCUT2D eigenvalue weighted by Gasteiger charge is -2.53. The van der Waals surface area contributed by atoms with Crippen molar-refractivity contribution in [3.8, 4) is 0 Å². The number of benzene rings is 2. The number of carbonyl (C=O) groups is 2. The van der Waals surface area contributed by atoms with E-state index in [0.29, 0.717) is 0 Å². The number of carbonyl (C=O) groups excluding carboxylic acids is 2. The lowest BCUT2D eigenvalue weighted by molar-refractivity contribution is -0.126. The van der Waals surface area contributed by atoms with Gasteiger partial charge in [0, 0.05) is 5.92 Å². The van der Waals surface area contributed by atoms with E-state index in [2.05, 4.69) is 5.32 Å². The third kappa shape index (κ3) is 1.28. The van der Waals surface area contributed by atoms with Crippen LogP contribution in [0.1, 0.15) is 28.2 Å². The average Bonchev–Trinajstić information content (AvgIpc) is 2.90. The van der Waals surface area contributed by atoms with Crippen LogP contribution in [0.2, 0.25) is 0 Å². The van der Waals surface area contributed by atoms with E-state index in [4.69, 9.17) is 0 Å². The number of rotatable bonds is 1. The number of hydrogen-bond donors (Lipinski definition) is 2. The smallest absolute Gasteiger partial charge is 0.231 e. The Bertz CT molecular complexity index is 825. The molecule has 4 nitrogen and oxygen atoms in total. The summed E-state index contributed by atoms with van der Waals surface area (Å²) in [7, 11) is 0. The van der Waals surface area contributed by atoms with Gasteiger partial charge >= 0.3 is 0 Å². The van der Waals surface area contributed by atoms with E-state index in [1.807, 2.05) is 48.5 Å². The number of imide groups is 1. The van der Waals surface area contributed by atoms with Gasteiger partial charge in [0.2, 0.25) is 11.8 Å². The summed E-state index contributed by atoms with van der Waals surface area (Å²) < 4.78 is 0. The molecule has 2 aromatic rings. The second-order valence-electron chi connectivity index (χ2n) is 6.64. The van der Waals surface area contributed by atoms with Crippen LogP contribution in [0.3, 0.4) is 0 Å². The van der Waals surface area contributed by atoms with Crippen molar-refractivity contribution in [2.45, 2.75) is 11.3 Å². The Morgan fingerprint density at radius 1 is 0.913 bits per heavy atom. The number of aliphatic hydroxyl groups is 1. The van der Waals surface area contributed by atoms with Gasteiger partial charge in [-0.2, -0.15) is 0 Å². The number of amides is 2. The van der Waals surface area contributed by atoms with Crippen molar-refractivity contribution in [3.05, 3.63) is 70.8 Å². The Kier molecular flexibility index (Phi) is 2.31. The molecule has 2 atom stereocenters. The van der Waals surface area contributed by atoms with Crippen molar-refractivity contribution < 1.29 is 14.7 Å². The molecule has 23 heavy (non-hydrogen) atoms. The van der Waals surface area contributed by atoms with Crippen molar-refractivity contribution >= 4 is 11.8 Å². The number of nitrogens with one attached hydrogen (secondary N) is 1. The fourth-order valence-electron chi connectivity index (χ4n) is 5.12. The van der Waals surface area contributed by atoms with E-state index >= 15 is 0 Å². The van der Waals surface area contributed by atoms with Gasteiger partial charge in [-0.05, 0) is 22.3 Å². The lowest BCUT2D eigenvalue weighted by atomic mass is 9.47. The van der Waals surface area contributed by atoms with Crippen LogP contribution in [0.25, 0.3) is 0 Å². The third-order valence-electron chi connectivity index (χ3n) is 5.88. The molecular weight excluding hydrogens is 290 g/mol. The molecule has 1 heterocycles.